The van der Waals surface area contributed by atoms with E-state index in [1.165, 1.54) is 0 Å². The highest BCUT2D eigenvalue weighted by molar-refractivity contribution is 6.30. The Bertz CT molecular complexity index is 605. The van der Waals surface area contributed by atoms with Crippen LogP contribution in [0.2, 0.25) is 5.02 Å². The largest absolute Gasteiger partial charge is 0.382 e. The molecule has 0 radical (unpaired) electrons. The molecule has 2 aliphatic heterocycles. The molecule has 124 valence electrons. The second kappa shape index (κ2) is 7.32. The fraction of sp³-hybridized carbons (Fsp3) is 0.529. The van der Waals surface area contributed by atoms with Crippen LogP contribution < -0.4 is 0 Å². The second-order valence-electron chi connectivity index (χ2n) is 6.05. The van der Waals surface area contributed by atoms with Crippen LogP contribution in [0.25, 0.3) is 0 Å². The van der Waals surface area contributed by atoms with E-state index in [0.29, 0.717) is 24.4 Å². The van der Waals surface area contributed by atoms with E-state index in [-0.39, 0.29) is 12.0 Å². The number of piperidine rings is 1. The number of oxime groups is 1. The highest BCUT2D eigenvalue weighted by Crippen LogP contribution is 2.21. The number of hydrogen-bond donors (Lipinski definition) is 0. The Labute approximate surface area is 141 Å². The lowest BCUT2D eigenvalue weighted by atomic mass is 10.0. The Morgan fingerprint density at radius 1 is 1.52 bits per heavy atom. The van der Waals surface area contributed by atoms with Gasteiger partial charge >= 0.3 is 0 Å². The number of carbonyl (C=O) groups excluding carboxylic acids is 1. The predicted octanol–water partition coefficient (Wildman–Crippen LogP) is 2.66. The summed E-state index contributed by atoms with van der Waals surface area (Å²) < 4.78 is 5.37. The first-order valence-electron chi connectivity index (χ1n) is 7.93. The first kappa shape index (κ1) is 16.3. The smallest absolute Gasteiger partial charge is 0.266 e. The Balaban J connectivity index is 1.55. The van der Waals surface area contributed by atoms with Crippen molar-refractivity contribution < 1.29 is 14.4 Å². The van der Waals surface area contributed by atoms with Gasteiger partial charge in [0.25, 0.3) is 5.91 Å². The fourth-order valence-electron chi connectivity index (χ4n) is 3.08. The molecule has 3 rings (SSSR count). The molecule has 2 aliphatic rings. The van der Waals surface area contributed by atoms with Crippen LogP contribution in [-0.4, -0.2) is 48.9 Å². The third kappa shape index (κ3) is 4.03. The maximum absolute atomic E-state index is 12.6. The van der Waals surface area contributed by atoms with Crippen LogP contribution in [-0.2, 0) is 20.8 Å². The molecular weight excluding hydrogens is 316 g/mol. The van der Waals surface area contributed by atoms with Gasteiger partial charge in [0.05, 0.1) is 11.8 Å². The number of methoxy groups -OCH3 is 1. The second-order valence-corrected chi connectivity index (χ2v) is 6.48. The maximum atomic E-state index is 12.6. The number of amides is 1. The van der Waals surface area contributed by atoms with Crippen LogP contribution in [0.5, 0.6) is 0 Å². The summed E-state index contributed by atoms with van der Waals surface area (Å²) in [6, 6.07) is 7.66. The summed E-state index contributed by atoms with van der Waals surface area (Å²) in [5, 5.41) is 4.79. The zero-order chi connectivity index (χ0) is 16.2. The van der Waals surface area contributed by atoms with Crippen molar-refractivity contribution in [2.45, 2.75) is 37.9 Å². The number of nitrogens with zero attached hydrogens (tertiary/aromatic N) is 2. The Morgan fingerprint density at radius 3 is 3.17 bits per heavy atom. The van der Waals surface area contributed by atoms with E-state index < -0.39 is 6.10 Å². The lowest BCUT2D eigenvalue weighted by Crippen LogP contribution is -2.47. The van der Waals surface area contributed by atoms with Crippen molar-refractivity contribution in [1.29, 1.82) is 0 Å². The molecule has 0 N–H and O–H groups in total. The van der Waals surface area contributed by atoms with Crippen molar-refractivity contribution in [2.75, 3.05) is 20.2 Å². The van der Waals surface area contributed by atoms with Crippen LogP contribution >= 0.6 is 11.6 Å². The molecule has 1 aromatic carbocycles. The van der Waals surface area contributed by atoms with E-state index >= 15 is 0 Å². The molecule has 5 nitrogen and oxygen atoms in total. The van der Waals surface area contributed by atoms with Crippen LogP contribution in [0.1, 0.15) is 24.8 Å². The Morgan fingerprint density at radius 2 is 2.39 bits per heavy atom. The highest BCUT2D eigenvalue weighted by Gasteiger charge is 2.34. The summed E-state index contributed by atoms with van der Waals surface area (Å²) in [6.45, 7) is 1.40. The molecule has 23 heavy (non-hydrogen) atoms. The van der Waals surface area contributed by atoms with Crippen molar-refractivity contribution in [3.63, 3.8) is 0 Å². The van der Waals surface area contributed by atoms with Crippen LogP contribution in [0.4, 0.5) is 0 Å². The number of hydrogen-bond acceptors (Lipinski definition) is 4. The molecule has 6 heteroatoms. The number of carbonyl (C=O) groups is 1. The molecule has 1 aromatic rings. The maximum Gasteiger partial charge on any atom is 0.266 e. The summed E-state index contributed by atoms with van der Waals surface area (Å²) in [4.78, 5) is 19.8. The van der Waals surface area contributed by atoms with Crippen LogP contribution in [0, 0.1) is 0 Å². The molecule has 0 aromatic heterocycles. The molecule has 0 unspecified atom stereocenters. The Kier molecular flexibility index (Phi) is 5.18. The van der Waals surface area contributed by atoms with Gasteiger partial charge in [-0.2, -0.15) is 0 Å². The van der Waals surface area contributed by atoms with Crippen molar-refractivity contribution in [3.8, 4) is 0 Å². The summed E-state index contributed by atoms with van der Waals surface area (Å²) in [5.41, 5.74) is 1.95. The molecule has 2 atom stereocenters. The van der Waals surface area contributed by atoms with E-state index in [4.69, 9.17) is 21.2 Å². The molecule has 1 saturated heterocycles. The van der Waals surface area contributed by atoms with Gasteiger partial charge in [0, 0.05) is 38.1 Å². The summed E-state index contributed by atoms with van der Waals surface area (Å²) in [5.74, 6) is 0.0107. The lowest BCUT2D eigenvalue weighted by molar-refractivity contribution is -0.145. The minimum Gasteiger partial charge on any atom is -0.382 e. The zero-order valence-corrected chi connectivity index (χ0v) is 14.0. The summed E-state index contributed by atoms with van der Waals surface area (Å²) in [6.07, 6.45) is 2.79. The average molecular weight is 337 g/mol. The van der Waals surface area contributed by atoms with Crippen molar-refractivity contribution in [2.24, 2.45) is 5.16 Å². The minimum absolute atomic E-state index is 0.0107. The summed E-state index contributed by atoms with van der Waals surface area (Å²) >= 11 is 5.99. The highest BCUT2D eigenvalue weighted by atomic mass is 35.5. The van der Waals surface area contributed by atoms with Gasteiger partial charge in [-0.05, 0) is 30.5 Å². The number of halogens is 1. The third-order valence-electron chi connectivity index (χ3n) is 4.33. The molecule has 0 aliphatic carbocycles. The third-order valence-corrected chi connectivity index (χ3v) is 4.56. The van der Waals surface area contributed by atoms with Gasteiger partial charge in [-0.25, -0.2) is 0 Å². The van der Waals surface area contributed by atoms with Gasteiger partial charge in [0.1, 0.15) is 0 Å². The van der Waals surface area contributed by atoms with E-state index in [2.05, 4.69) is 5.16 Å². The average Bonchev–Trinajstić information content (AvgIpc) is 3.02. The van der Waals surface area contributed by atoms with E-state index in [1.807, 2.05) is 29.2 Å². The van der Waals surface area contributed by atoms with Gasteiger partial charge in [-0.15, -0.1) is 0 Å². The topological polar surface area (TPSA) is 51.1 Å². The Hall–Kier alpha value is -1.59. The first-order chi connectivity index (χ1) is 11.2. The predicted molar refractivity (Wildman–Crippen MR) is 88.7 cm³/mol. The van der Waals surface area contributed by atoms with Crippen LogP contribution in [0.3, 0.4) is 0 Å². The van der Waals surface area contributed by atoms with E-state index in [1.54, 1.807) is 7.11 Å². The molecule has 0 bridgehead atoms. The standard InChI is InChI=1S/C17H21ClN2O3/c1-22-15-6-3-7-20(11-15)17(21)16-10-14(19-23-16)9-12-4-2-5-13(18)8-12/h2,4-5,8,15-16H,3,6-7,9-11H2,1H3/t15-,16+/m0/s1. The number of ether oxygens (including phenoxy) is 1. The first-order valence-corrected chi connectivity index (χ1v) is 8.31. The molecule has 0 spiro atoms. The monoisotopic (exact) mass is 336 g/mol. The molecule has 0 saturated carbocycles. The number of rotatable bonds is 4. The zero-order valence-electron chi connectivity index (χ0n) is 13.2. The van der Waals surface area contributed by atoms with Gasteiger partial charge in [-0.3, -0.25) is 4.79 Å². The SMILES string of the molecule is CO[C@H]1CCCN(C(=O)[C@H]2CC(Cc3cccc(Cl)c3)=NO2)C1. The number of likely N-dealkylation sites (tertiary alicyclic amines) is 1. The molecule has 2 heterocycles. The molecule has 1 fully saturated rings. The minimum atomic E-state index is -0.500. The normalized spacial score (nSPS) is 24.3. The quantitative estimate of drug-likeness (QED) is 0.849. The van der Waals surface area contributed by atoms with E-state index in [9.17, 15) is 4.79 Å². The molecular formula is C17H21ClN2O3. The van der Waals surface area contributed by atoms with Gasteiger partial charge < -0.3 is 14.5 Å². The van der Waals surface area contributed by atoms with Gasteiger partial charge in [-0.1, -0.05) is 28.9 Å². The molecule has 1 amide bonds. The van der Waals surface area contributed by atoms with E-state index in [0.717, 1.165) is 30.7 Å². The fourth-order valence-corrected chi connectivity index (χ4v) is 3.29. The lowest BCUT2D eigenvalue weighted by Gasteiger charge is -2.32. The van der Waals surface area contributed by atoms with Crippen molar-refractivity contribution in [3.05, 3.63) is 34.9 Å². The van der Waals surface area contributed by atoms with Crippen LogP contribution in [0.15, 0.2) is 29.4 Å². The van der Waals surface area contributed by atoms with Crippen molar-refractivity contribution >= 4 is 23.2 Å². The van der Waals surface area contributed by atoms with Gasteiger partial charge in [0.15, 0.2) is 0 Å². The number of benzene rings is 1. The van der Waals surface area contributed by atoms with Crippen molar-refractivity contribution in [1.82, 2.24) is 4.90 Å². The summed E-state index contributed by atoms with van der Waals surface area (Å²) in [7, 11) is 1.69. The van der Waals surface area contributed by atoms with Gasteiger partial charge in [0.2, 0.25) is 6.10 Å².